The number of aromatic amines is 1. The molecule has 2 aromatic rings. The first-order valence-corrected chi connectivity index (χ1v) is 5.44. The molecule has 0 aliphatic heterocycles. The zero-order valence-electron chi connectivity index (χ0n) is 8.31. The Kier molecular flexibility index (Phi) is 2.78. The van der Waals surface area contributed by atoms with Crippen LogP contribution in [0, 0.1) is 0 Å². The third-order valence-corrected chi connectivity index (χ3v) is 2.76. The topological polar surface area (TPSA) is 15.8 Å². The Bertz CT molecular complexity index is 431. The Morgan fingerprint density at radius 2 is 2.21 bits per heavy atom. The summed E-state index contributed by atoms with van der Waals surface area (Å²) in [4.78, 5) is 3.25. The normalized spacial score (nSPS) is 11.0. The lowest BCUT2D eigenvalue weighted by Crippen LogP contribution is -1.81. The molecule has 0 saturated heterocycles. The van der Waals surface area contributed by atoms with Crippen molar-refractivity contribution in [3.63, 3.8) is 0 Å². The lowest BCUT2D eigenvalue weighted by molar-refractivity contribution is 0.799. The van der Waals surface area contributed by atoms with E-state index in [-0.39, 0.29) is 0 Å². The van der Waals surface area contributed by atoms with Crippen molar-refractivity contribution >= 4 is 22.5 Å². The predicted molar refractivity (Wildman–Crippen MR) is 61.9 cm³/mol. The van der Waals surface area contributed by atoms with Crippen LogP contribution in [0.4, 0.5) is 0 Å². The standard InChI is InChI=1S/C12H14ClN/c1-2-3-4-9-8-14-12-7-10(13)5-6-11(9)12/h5-8,14H,2-4H2,1H3. The molecular weight excluding hydrogens is 194 g/mol. The summed E-state index contributed by atoms with van der Waals surface area (Å²) in [5.74, 6) is 0. The van der Waals surface area contributed by atoms with Gasteiger partial charge in [-0.3, -0.25) is 0 Å². The highest BCUT2D eigenvalue weighted by atomic mass is 35.5. The Morgan fingerprint density at radius 3 is 3.00 bits per heavy atom. The van der Waals surface area contributed by atoms with Crippen LogP contribution in [0.25, 0.3) is 10.9 Å². The van der Waals surface area contributed by atoms with Crippen LogP contribution in [-0.4, -0.2) is 4.98 Å². The molecule has 0 atom stereocenters. The first-order chi connectivity index (χ1) is 6.81. The molecule has 0 fully saturated rings. The minimum Gasteiger partial charge on any atom is -0.361 e. The van der Waals surface area contributed by atoms with Crippen LogP contribution in [0.1, 0.15) is 25.3 Å². The summed E-state index contributed by atoms with van der Waals surface area (Å²) in [6.45, 7) is 2.21. The minimum absolute atomic E-state index is 0.793. The fraction of sp³-hybridized carbons (Fsp3) is 0.333. The van der Waals surface area contributed by atoms with E-state index in [1.54, 1.807) is 0 Å². The van der Waals surface area contributed by atoms with Gasteiger partial charge in [0.05, 0.1) is 0 Å². The number of hydrogen-bond donors (Lipinski definition) is 1. The van der Waals surface area contributed by atoms with E-state index in [2.05, 4.69) is 24.2 Å². The number of rotatable bonds is 3. The first-order valence-electron chi connectivity index (χ1n) is 5.07. The number of aromatic nitrogens is 1. The number of halogens is 1. The van der Waals surface area contributed by atoms with Gasteiger partial charge in [0.2, 0.25) is 0 Å². The molecule has 2 heteroatoms. The van der Waals surface area contributed by atoms with E-state index in [9.17, 15) is 0 Å². The number of benzene rings is 1. The van der Waals surface area contributed by atoms with Crippen molar-refractivity contribution in [2.75, 3.05) is 0 Å². The van der Waals surface area contributed by atoms with Crippen LogP contribution >= 0.6 is 11.6 Å². The van der Waals surface area contributed by atoms with Crippen molar-refractivity contribution in [1.82, 2.24) is 4.98 Å². The van der Waals surface area contributed by atoms with Gasteiger partial charge in [0.25, 0.3) is 0 Å². The average Bonchev–Trinajstić information content (AvgIpc) is 2.57. The second-order valence-corrected chi connectivity index (χ2v) is 4.04. The summed E-state index contributed by atoms with van der Waals surface area (Å²) in [6.07, 6.45) is 5.73. The summed E-state index contributed by atoms with van der Waals surface area (Å²) in [5, 5.41) is 2.10. The largest absolute Gasteiger partial charge is 0.361 e. The number of aryl methyl sites for hydroxylation is 1. The van der Waals surface area contributed by atoms with Gasteiger partial charge in [0, 0.05) is 22.1 Å². The van der Waals surface area contributed by atoms with E-state index in [1.807, 2.05) is 12.1 Å². The zero-order valence-corrected chi connectivity index (χ0v) is 9.06. The van der Waals surface area contributed by atoms with E-state index in [0.29, 0.717) is 0 Å². The fourth-order valence-corrected chi connectivity index (χ4v) is 1.90. The van der Waals surface area contributed by atoms with E-state index in [0.717, 1.165) is 17.0 Å². The summed E-state index contributed by atoms with van der Waals surface area (Å²) < 4.78 is 0. The SMILES string of the molecule is CCCCc1c[nH]c2cc(Cl)ccc12. The van der Waals surface area contributed by atoms with Gasteiger partial charge >= 0.3 is 0 Å². The van der Waals surface area contributed by atoms with Crippen LogP contribution in [0.2, 0.25) is 5.02 Å². The van der Waals surface area contributed by atoms with Gasteiger partial charge < -0.3 is 4.98 Å². The minimum atomic E-state index is 0.793. The first kappa shape index (κ1) is 9.60. The molecule has 0 bridgehead atoms. The van der Waals surface area contributed by atoms with Gasteiger partial charge in [0.15, 0.2) is 0 Å². The van der Waals surface area contributed by atoms with Crippen molar-refractivity contribution in [2.45, 2.75) is 26.2 Å². The molecule has 0 saturated carbocycles. The summed E-state index contributed by atoms with van der Waals surface area (Å²) in [5.41, 5.74) is 2.54. The van der Waals surface area contributed by atoms with Crippen LogP contribution in [0.3, 0.4) is 0 Å². The number of fused-ring (bicyclic) bond motifs is 1. The molecule has 0 radical (unpaired) electrons. The van der Waals surface area contributed by atoms with Crippen molar-refractivity contribution in [3.8, 4) is 0 Å². The second kappa shape index (κ2) is 4.05. The lowest BCUT2D eigenvalue weighted by atomic mass is 10.1. The highest BCUT2D eigenvalue weighted by molar-refractivity contribution is 6.31. The third kappa shape index (κ3) is 1.78. The highest BCUT2D eigenvalue weighted by Gasteiger charge is 2.02. The summed E-state index contributed by atoms with van der Waals surface area (Å²) in [6, 6.07) is 6.03. The smallest absolute Gasteiger partial charge is 0.0471 e. The zero-order chi connectivity index (χ0) is 9.97. The maximum absolute atomic E-state index is 5.91. The van der Waals surface area contributed by atoms with Crippen molar-refractivity contribution < 1.29 is 0 Å². The lowest BCUT2D eigenvalue weighted by Gasteiger charge is -1.97. The molecule has 1 aromatic heterocycles. The predicted octanol–water partition coefficient (Wildman–Crippen LogP) is 4.16. The maximum Gasteiger partial charge on any atom is 0.0471 e. The Hall–Kier alpha value is -0.950. The molecule has 1 aromatic carbocycles. The van der Waals surface area contributed by atoms with Gasteiger partial charge in [-0.25, -0.2) is 0 Å². The molecule has 0 unspecified atom stereocenters. The maximum atomic E-state index is 5.91. The molecule has 1 N–H and O–H groups in total. The van der Waals surface area contributed by atoms with Gasteiger partial charge in [-0.2, -0.15) is 0 Å². The van der Waals surface area contributed by atoms with E-state index < -0.39 is 0 Å². The van der Waals surface area contributed by atoms with Crippen molar-refractivity contribution in [2.24, 2.45) is 0 Å². The summed E-state index contributed by atoms with van der Waals surface area (Å²) >= 11 is 5.91. The van der Waals surface area contributed by atoms with Crippen LogP contribution < -0.4 is 0 Å². The van der Waals surface area contributed by atoms with Crippen molar-refractivity contribution in [1.29, 1.82) is 0 Å². The van der Waals surface area contributed by atoms with Crippen molar-refractivity contribution in [3.05, 3.63) is 35.0 Å². The Labute approximate surface area is 89.1 Å². The number of nitrogens with one attached hydrogen (secondary N) is 1. The van der Waals surface area contributed by atoms with E-state index in [4.69, 9.17) is 11.6 Å². The highest BCUT2D eigenvalue weighted by Crippen LogP contribution is 2.23. The number of hydrogen-bond acceptors (Lipinski definition) is 0. The average molecular weight is 208 g/mol. The quantitative estimate of drug-likeness (QED) is 0.778. The molecule has 2 rings (SSSR count). The molecule has 1 heterocycles. The van der Waals surface area contributed by atoms with Crippen LogP contribution in [0.15, 0.2) is 24.4 Å². The molecule has 0 spiro atoms. The summed E-state index contributed by atoms with van der Waals surface area (Å²) in [7, 11) is 0. The molecule has 0 amide bonds. The van der Waals surface area contributed by atoms with Gasteiger partial charge in [-0.1, -0.05) is 31.0 Å². The molecule has 74 valence electrons. The van der Waals surface area contributed by atoms with E-state index >= 15 is 0 Å². The van der Waals surface area contributed by atoms with Gasteiger partial charge in [-0.15, -0.1) is 0 Å². The molecule has 0 aliphatic rings. The number of unbranched alkanes of at least 4 members (excludes halogenated alkanes) is 1. The van der Waals surface area contributed by atoms with Gasteiger partial charge in [0.1, 0.15) is 0 Å². The number of H-pyrrole nitrogens is 1. The molecule has 0 aliphatic carbocycles. The molecular formula is C12H14ClN. The van der Waals surface area contributed by atoms with E-state index in [1.165, 1.54) is 23.8 Å². The Morgan fingerprint density at radius 1 is 1.36 bits per heavy atom. The molecule has 14 heavy (non-hydrogen) atoms. The Balaban J connectivity index is 2.37. The molecule has 1 nitrogen and oxygen atoms in total. The fourth-order valence-electron chi connectivity index (χ4n) is 1.73. The van der Waals surface area contributed by atoms with Gasteiger partial charge in [-0.05, 0) is 30.5 Å². The van der Waals surface area contributed by atoms with Crippen LogP contribution in [0.5, 0.6) is 0 Å². The van der Waals surface area contributed by atoms with Crippen LogP contribution in [-0.2, 0) is 6.42 Å². The second-order valence-electron chi connectivity index (χ2n) is 3.61. The monoisotopic (exact) mass is 207 g/mol. The third-order valence-electron chi connectivity index (χ3n) is 2.53.